The molecule has 3 heteroatoms. The highest BCUT2D eigenvalue weighted by atomic mass is 16.4. The second-order valence-corrected chi connectivity index (χ2v) is 5.89. The maximum Gasteiger partial charge on any atom is 0.306 e. The van der Waals surface area contributed by atoms with E-state index in [0.29, 0.717) is 6.04 Å². The van der Waals surface area contributed by atoms with Gasteiger partial charge in [0.25, 0.3) is 0 Å². The van der Waals surface area contributed by atoms with Crippen molar-refractivity contribution in [3.63, 3.8) is 0 Å². The van der Waals surface area contributed by atoms with Gasteiger partial charge in [-0.05, 0) is 49.2 Å². The van der Waals surface area contributed by atoms with Crippen LogP contribution in [0.4, 0.5) is 0 Å². The number of carbonyl (C=O) groups is 1. The Labute approximate surface area is 125 Å². The lowest BCUT2D eigenvalue weighted by Gasteiger charge is -2.35. The fourth-order valence-corrected chi connectivity index (χ4v) is 3.35. The molecule has 0 amide bonds. The molecule has 1 unspecified atom stereocenters. The monoisotopic (exact) mass is 283 g/mol. The molecule has 1 N–H and O–H groups in total. The molecule has 2 aromatic rings. The van der Waals surface area contributed by atoms with Crippen LogP contribution in [-0.2, 0) is 4.79 Å². The Morgan fingerprint density at radius 3 is 2.52 bits per heavy atom. The summed E-state index contributed by atoms with van der Waals surface area (Å²) in [6.45, 7) is 3.95. The van der Waals surface area contributed by atoms with Gasteiger partial charge in [-0.25, -0.2) is 0 Å². The normalized spacial score (nSPS) is 18.7. The Morgan fingerprint density at radius 2 is 1.81 bits per heavy atom. The van der Waals surface area contributed by atoms with Gasteiger partial charge < -0.3 is 5.11 Å². The van der Waals surface area contributed by atoms with E-state index in [9.17, 15) is 4.79 Å². The first-order chi connectivity index (χ1) is 10.2. The first-order valence-electron chi connectivity index (χ1n) is 7.61. The molecule has 1 heterocycles. The molecule has 3 nitrogen and oxygen atoms in total. The van der Waals surface area contributed by atoms with Gasteiger partial charge in [0, 0.05) is 6.04 Å². The second-order valence-electron chi connectivity index (χ2n) is 5.89. The number of piperidine rings is 1. The van der Waals surface area contributed by atoms with Crippen molar-refractivity contribution in [3.8, 4) is 0 Å². The molecule has 1 aliphatic rings. The van der Waals surface area contributed by atoms with Crippen molar-refractivity contribution in [1.82, 2.24) is 4.90 Å². The van der Waals surface area contributed by atoms with Crippen molar-refractivity contribution in [2.45, 2.75) is 25.8 Å². The van der Waals surface area contributed by atoms with E-state index in [-0.39, 0.29) is 5.92 Å². The first kappa shape index (κ1) is 14.1. The van der Waals surface area contributed by atoms with Crippen molar-refractivity contribution < 1.29 is 9.90 Å². The lowest BCUT2D eigenvalue weighted by atomic mass is 9.93. The van der Waals surface area contributed by atoms with Crippen LogP contribution in [0.2, 0.25) is 0 Å². The van der Waals surface area contributed by atoms with Crippen LogP contribution in [0, 0.1) is 5.92 Å². The molecule has 1 saturated heterocycles. The number of nitrogens with zero attached hydrogens (tertiary/aromatic N) is 1. The van der Waals surface area contributed by atoms with Crippen LogP contribution in [0.25, 0.3) is 10.8 Å². The molecule has 0 saturated carbocycles. The molecule has 0 aliphatic carbocycles. The average molecular weight is 283 g/mol. The quantitative estimate of drug-likeness (QED) is 0.933. The van der Waals surface area contributed by atoms with Gasteiger partial charge in [0.15, 0.2) is 0 Å². The van der Waals surface area contributed by atoms with Crippen LogP contribution in [0.1, 0.15) is 31.4 Å². The van der Waals surface area contributed by atoms with E-state index >= 15 is 0 Å². The van der Waals surface area contributed by atoms with Gasteiger partial charge in [-0.3, -0.25) is 9.69 Å². The number of fused-ring (bicyclic) bond motifs is 1. The topological polar surface area (TPSA) is 40.5 Å². The maximum atomic E-state index is 11.1. The SMILES string of the molecule is CC(c1cccc2ccccc12)N1CCC(C(=O)O)CC1. The second kappa shape index (κ2) is 5.86. The number of hydrogen-bond donors (Lipinski definition) is 1. The molecule has 0 bridgehead atoms. The summed E-state index contributed by atoms with van der Waals surface area (Å²) in [5.74, 6) is -0.812. The molecule has 1 fully saturated rings. The van der Waals surface area contributed by atoms with E-state index < -0.39 is 5.97 Å². The zero-order valence-corrected chi connectivity index (χ0v) is 12.3. The lowest BCUT2D eigenvalue weighted by Crippen LogP contribution is -2.37. The molecule has 1 aliphatic heterocycles. The zero-order valence-electron chi connectivity index (χ0n) is 12.3. The third-order valence-corrected chi connectivity index (χ3v) is 4.70. The fourth-order valence-electron chi connectivity index (χ4n) is 3.35. The van der Waals surface area contributed by atoms with E-state index in [0.717, 1.165) is 25.9 Å². The average Bonchev–Trinajstić information content (AvgIpc) is 2.53. The summed E-state index contributed by atoms with van der Waals surface area (Å²) in [4.78, 5) is 13.5. The Balaban J connectivity index is 1.82. The number of carboxylic acids is 1. The minimum absolute atomic E-state index is 0.166. The summed E-state index contributed by atoms with van der Waals surface area (Å²) in [7, 11) is 0. The summed E-state index contributed by atoms with van der Waals surface area (Å²) in [6.07, 6.45) is 1.51. The maximum absolute atomic E-state index is 11.1. The molecule has 3 rings (SSSR count). The number of likely N-dealkylation sites (tertiary alicyclic amines) is 1. The van der Waals surface area contributed by atoms with E-state index in [4.69, 9.17) is 5.11 Å². The van der Waals surface area contributed by atoms with Crippen molar-refractivity contribution >= 4 is 16.7 Å². The summed E-state index contributed by atoms with van der Waals surface area (Å²) in [5, 5.41) is 11.7. The highest BCUT2D eigenvalue weighted by molar-refractivity contribution is 5.86. The van der Waals surface area contributed by atoms with Crippen LogP contribution in [0.3, 0.4) is 0 Å². The first-order valence-corrected chi connectivity index (χ1v) is 7.61. The van der Waals surface area contributed by atoms with Crippen LogP contribution < -0.4 is 0 Å². The van der Waals surface area contributed by atoms with Crippen molar-refractivity contribution in [2.75, 3.05) is 13.1 Å². The molecule has 2 aromatic carbocycles. The lowest BCUT2D eigenvalue weighted by molar-refractivity contribution is -0.143. The van der Waals surface area contributed by atoms with Crippen LogP contribution >= 0.6 is 0 Å². The Kier molecular flexibility index (Phi) is 3.93. The molecular formula is C18H21NO2. The van der Waals surface area contributed by atoms with Crippen LogP contribution in [-0.4, -0.2) is 29.1 Å². The smallest absolute Gasteiger partial charge is 0.306 e. The molecule has 1 atom stereocenters. The van der Waals surface area contributed by atoms with Gasteiger partial charge >= 0.3 is 5.97 Å². The largest absolute Gasteiger partial charge is 0.481 e. The van der Waals surface area contributed by atoms with Crippen molar-refractivity contribution in [3.05, 3.63) is 48.0 Å². The van der Waals surface area contributed by atoms with Gasteiger partial charge in [-0.1, -0.05) is 42.5 Å². The van der Waals surface area contributed by atoms with E-state index in [2.05, 4.69) is 54.3 Å². The number of hydrogen-bond acceptors (Lipinski definition) is 2. The number of aliphatic carboxylic acids is 1. The van der Waals surface area contributed by atoms with Gasteiger partial charge in [0.05, 0.1) is 5.92 Å². The minimum Gasteiger partial charge on any atom is -0.481 e. The summed E-state index contributed by atoms with van der Waals surface area (Å²) < 4.78 is 0. The summed E-state index contributed by atoms with van der Waals surface area (Å²) >= 11 is 0. The van der Waals surface area contributed by atoms with Crippen molar-refractivity contribution in [1.29, 1.82) is 0 Å². The van der Waals surface area contributed by atoms with Gasteiger partial charge in [-0.15, -0.1) is 0 Å². The van der Waals surface area contributed by atoms with Crippen LogP contribution in [0.5, 0.6) is 0 Å². The van der Waals surface area contributed by atoms with Gasteiger partial charge in [0.2, 0.25) is 0 Å². The summed E-state index contributed by atoms with van der Waals surface area (Å²) in [6, 6.07) is 15.2. The Morgan fingerprint density at radius 1 is 1.14 bits per heavy atom. The number of carboxylic acid groups (broad SMARTS) is 1. The predicted molar refractivity (Wildman–Crippen MR) is 84.3 cm³/mol. The highest BCUT2D eigenvalue weighted by Gasteiger charge is 2.27. The molecular weight excluding hydrogens is 262 g/mol. The number of benzene rings is 2. The van der Waals surface area contributed by atoms with Gasteiger partial charge in [-0.2, -0.15) is 0 Å². The van der Waals surface area contributed by atoms with E-state index in [1.54, 1.807) is 0 Å². The Bertz CT molecular complexity index is 639. The third-order valence-electron chi connectivity index (χ3n) is 4.70. The van der Waals surface area contributed by atoms with Crippen molar-refractivity contribution in [2.24, 2.45) is 5.92 Å². The van der Waals surface area contributed by atoms with E-state index in [1.165, 1.54) is 16.3 Å². The Hall–Kier alpha value is -1.87. The third kappa shape index (κ3) is 2.79. The molecule has 0 radical (unpaired) electrons. The predicted octanol–water partition coefficient (Wildman–Crippen LogP) is 3.70. The highest BCUT2D eigenvalue weighted by Crippen LogP contribution is 2.31. The van der Waals surface area contributed by atoms with E-state index in [1.807, 2.05) is 0 Å². The molecule has 110 valence electrons. The standard InChI is InChI=1S/C18H21NO2/c1-13(19-11-9-15(10-12-19)18(20)21)16-8-4-6-14-5-2-3-7-17(14)16/h2-8,13,15H,9-12H2,1H3,(H,20,21). The number of rotatable bonds is 3. The zero-order chi connectivity index (χ0) is 14.8. The van der Waals surface area contributed by atoms with Gasteiger partial charge in [0.1, 0.15) is 0 Å². The molecule has 0 aromatic heterocycles. The fraction of sp³-hybridized carbons (Fsp3) is 0.389. The van der Waals surface area contributed by atoms with Crippen LogP contribution in [0.15, 0.2) is 42.5 Å². The molecule has 0 spiro atoms. The minimum atomic E-state index is -0.646. The molecule has 21 heavy (non-hydrogen) atoms. The summed E-state index contributed by atoms with van der Waals surface area (Å²) in [5.41, 5.74) is 1.34.